The molecule has 0 rings (SSSR count). The van der Waals surface area contributed by atoms with Crippen LogP contribution in [0.2, 0.25) is 0 Å². The third-order valence-corrected chi connectivity index (χ3v) is 2.84. The van der Waals surface area contributed by atoms with Gasteiger partial charge in [0, 0.05) is 5.75 Å². The summed E-state index contributed by atoms with van der Waals surface area (Å²) < 4.78 is 0. The zero-order valence-electron chi connectivity index (χ0n) is 12.1. The van der Waals surface area contributed by atoms with Crippen molar-refractivity contribution in [1.82, 2.24) is 16.0 Å². The van der Waals surface area contributed by atoms with E-state index in [0.29, 0.717) is 0 Å². The molecule has 8 N–H and O–H groups in total. The standard InChI is InChI=1S/C11H19N5O6S/c12-2-8(18)15-5(1-7(13)17)11(22)16-6(4-23)10(21)14-3-9(19)20/h5-6,23H,1-4,12H2,(H2,13,17)(H,14,21)(H,15,18)(H,16,22)(H,19,20). The number of rotatable bonds is 10. The fraction of sp³-hybridized carbons (Fsp3) is 0.545. The van der Waals surface area contributed by atoms with E-state index in [1.54, 1.807) is 0 Å². The van der Waals surface area contributed by atoms with Crippen molar-refractivity contribution in [2.24, 2.45) is 11.5 Å². The second-order valence-electron chi connectivity index (χ2n) is 4.35. The van der Waals surface area contributed by atoms with Crippen molar-refractivity contribution < 1.29 is 29.1 Å². The molecule has 0 aliphatic heterocycles. The van der Waals surface area contributed by atoms with E-state index >= 15 is 0 Å². The maximum atomic E-state index is 12.0. The van der Waals surface area contributed by atoms with Crippen molar-refractivity contribution in [3.8, 4) is 0 Å². The van der Waals surface area contributed by atoms with Crippen molar-refractivity contribution in [3.63, 3.8) is 0 Å². The highest BCUT2D eigenvalue weighted by molar-refractivity contribution is 7.80. The predicted octanol–water partition coefficient (Wildman–Crippen LogP) is -4.08. The molecule has 0 radical (unpaired) electrons. The molecule has 0 aromatic carbocycles. The van der Waals surface area contributed by atoms with Gasteiger partial charge in [0.05, 0.1) is 13.0 Å². The molecule has 0 aromatic heterocycles. The first-order valence-electron chi connectivity index (χ1n) is 6.39. The zero-order valence-corrected chi connectivity index (χ0v) is 13.0. The van der Waals surface area contributed by atoms with Gasteiger partial charge in [0.1, 0.15) is 18.6 Å². The van der Waals surface area contributed by atoms with Gasteiger partial charge in [0.25, 0.3) is 0 Å². The lowest BCUT2D eigenvalue weighted by Gasteiger charge is -2.21. The summed E-state index contributed by atoms with van der Waals surface area (Å²) in [6.45, 7) is -1.04. The van der Waals surface area contributed by atoms with Gasteiger partial charge in [0.2, 0.25) is 23.6 Å². The van der Waals surface area contributed by atoms with Crippen molar-refractivity contribution >= 4 is 42.2 Å². The van der Waals surface area contributed by atoms with E-state index in [-0.39, 0.29) is 5.75 Å². The Morgan fingerprint density at radius 1 is 1.04 bits per heavy atom. The number of nitrogens with two attached hydrogens (primary N) is 2. The Morgan fingerprint density at radius 2 is 1.65 bits per heavy atom. The molecule has 23 heavy (non-hydrogen) atoms. The molecule has 4 amide bonds. The lowest BCUT2D eigenvalue weighted by Crippen LogP contribution is -2.56. The molecule has 0 spiro atoms. The normalized spacial score (nSPS) is 12.6. The Morgan fingerprint density at radius 3 is 2.09 bits per heavy atom. The molecular formula is C11H19N5O6S. The van der Waals surface area contributed by atoms with Crippen molar-refractivity contribution in [1.29, 1.82) is 0 Å². The quantitative estimate of drug-likeness (QED) is 0.195. The smallest absolute Gasteiger partial charge is 0.322 e. The first-order valence-corrected chi connectivity index (χ1v) is 7.03. The molecule has 0 saturated carbocycles. The van der Waals surface area contributed by atoms with Crippen LogP contribution >= 0.6 is 12.6 Å². The number of aliphatic carboxylic acids is 1. The number of amides is 4. The van der Waals surface area contributed by atoms with Gasteiger partial charge in [-0.15, -0.1) is 0 Å². The highest BCUT2D eigenvalue weighted by Crippen LogP contribution is 1.96. The lowest BCUT2D eigenvalue weighted by atomic mass is 10.1. The van der Waals surface area contributed by atoms with Gasteiger partial charge in [0.15, 0.2) is 0 Å². The van der Waals surface area contributed by atoms with Crippen LogP contribution in [0.15, 0.2) is 0 Å². The third kappa shape index (κ3) is 8.63. The minimum Gasteiger partial charge on any atom is -0.480 e. The van der Waals surface area contributed by atoms with Gasteiger partial charge in [-0.25, -0.2) is 0 Å². The Labute approximate surface area is 136 Å². The van der Waals surface area contributed by atoms with Gasteiger partial charge in [-0.05, 0) is 0 Å². The van der Waals surface area contributed by atoms with E-state index in [1.807, 2.05) is 0 Å². The van der Waals surface area contributed by atoms with Gasteiger partial charge in [-0.2, -0.15) is 12.6 Å². The second-order valence-corrected chi connectivity index (χ2v) is 4.72. The molecule has 0 saturated heterocycles. The molecular weight excluding hydrogens is 330 g/mol. The molecule has 0 heterocycles. The fourth-order valence-corrected chi connectivity index (χ4v) is 1.67. The predicted molar refractivity (Wildman–Crippen MR) is 81.2 cm³/mol. The second kappa shape index (κ2) is 10.4. The van der Waals surface area contributed by atoms with Crippen LogP contribution in [0, 0.1) is 0 Å². The molecule has 0 aliphatic rings. The maximum Gasteiger partial charge on any atom is 0.322 e. The average Bonchev–Trinajstić information content (AvgIpc) is 2.48. The highest BCUT2D eigenvalue weighted by atomic mass is 32.1. The Hall–Kier alpha value is -2.34. The minimum atomic E-state index is -1.31. The summed E-state index contributed by atoms with van der Waals surface area (Å²) in [6, 6.07) is -2.46. The van der Waals surface area contributed by atoms with Crippen molar-refractivity contribution in [2.75, 3.05) is 18.8 Å². The molecule has 2 unspecified atom stereocenters. The molecule has 0 aliphatic carbocycles. The van der Waals surface area contributed by atoms with E-state index in [0.717, 1.165) is 0 Å². The molecule has 12 heteroatoms. The van der Waals surface area contributed by atoms with Gasteiger partial charge < -0.3 is 32.5 Å². The largest absolute Gasteiger partial charge is 0.480 e. The van der Waals surface area contributed by atoms with E-state index in [4.69, 9.17) is 16.6 Å². The summed E-state index contributed by atoms with van der Waals surface area (Å²) in [5.41, 5.74) is 10.1. The summed E-state index contributed by atoms with van der Waals surface area (Å²) in [4.78, 5) is 56.3. The van der Waals surface area contributed by atoms with Crippen LogP contribution in [0.1, 0.15) is 6.42 Å². The molecule has 11 nitrogen and oxygen atoms in total. The number of carbonyl (C=O) groups is 5. The monoisotopic (exact) mass is 349 g/mol. The topological polar surface area (TPSA) is 194 Å². The summed E-state index contributed by atoms with van der Waals surface area (Å²) >= 11 is 3.88. The number of hydrogen-bond acceptors (Lipinski definition) is 7. The number of thiol groups is 1. The first kappa shape index (κ1) is 20.7. The number of nitrogens with one attached hydrogen (secondary N) is 3. The Bertz CT molecular complexity index is 486. The number of hydrogen-bond donors (Lipinski definition) is 7. The van der Waals surface area contributed by atoms with Crippen LogP contribution in [0.5, 0.6) is 0 Å². The average molecular weight is 349 g/mol. The van der Waals surface area contributed by atoms with E-state index in [1.165, 1.54) is 0 Å². The highest BCUT2D eigenvalue weighted by Gasteiger charge is 2.27. The summed E-state index contributed by atoms with van der Waals surface area (Å²) in [5.74, 6) is -4.56. The molecule has 0 bridgehead atoms. The minimum absolute atomic E-state index is 0.134. The third-order valence-electron chi connectivity index (χ3n) is 2.47. The van der Waals surface area contributed by atoms with Gasteiger partial charge >= 0.3 is 5.97 Å². The molecule has 0 aromatic rings. The van der Waals surface area contributed by atoms with E-state index < -0.39 is 61.2 Å². The Kier molecular flexibility index (Phi) is 9.34. The van der Waals surface area contributed by atoms with Gasteiger partial charge in [-0.3, -0.25) is 24.0 Å². The van der Waals surface area contributed by atoms with E-state index in [2.05, 4.69) is 28.6 Å². The zero-order chi connectivity index (χ0) is 18.0. The number of carboxylic acid groups (broad SMARTS) is 1. The molecule has 2 atom stereocenters. The van der Waals surface area contributed by atoms with Crippen LogP contribution in [0.25, 0.3) is 0 Å². The summed E-state index contributed by atoms with van der Waals surface area (Å²) in [6.07, 6.45) is -0.492. The summed E-state index contributed by atoms with van der Waals surface area (Å²) in [7, 11) is 0. The fourth-order valence-electron chi connectivity index (χ4n) is 1.42. The lowest BCUT2D eigenvalue weighted by molar-refractivity contribution is -0.138. The van der Waals surface area contributed by atoms with Crippen molar-refractivity contribution in [2.45, 2.75) is 18.5 Å². The van der Waals surface area contributed by atoms with Crippen LogP contribution in [-0.2, 0) is 24.0 Å². The molecule has 130 valence electrons. The SMILES string of the molecule is NCC(=O)NC(CC(N)=O)C(=O)NC(CS)C(=O)NCC(=O)O. The summed E-state index contributed by atoms with van der Waals surface area (Å²) in [5, 5.41) is 15.0. The van der Waals surface area contributed by atoms with Crippen molar-refractivity contribution in [3.05, 3.63) is 0 Å². The maximum absolute atomic E-state index is 12.0. The van der Waals surface area contributed by atoms with Crippen LogP contribution in [0.4, 0.5) is 0 Å². The first-order chi connectivity index (χ1) is 10.7. The molecule has 0 fully saturated rings. The van der Waals surface area contributed by atoms with Crippen LogP contribution < -0.4 is 27.4 Å². The number of primary amides is 1. The number of carboxylic acids is 1. The van der Waals surface area contributed by atoms with Crippen LogP contribution in [-0.4, -0.2) is 65.6 Å². The van der Waals surface area contributed by atoms with Gasteiger partial charge in [-0.1, -0.05) is 0 Å². The number of carbonyl (C=O) groups excluding carboxylic acids is 4. The Balaban J connectivity index is 4.83. The van der Waals surface area contributed by atoms with E-state index in [9.17, 15) is 24.0 Å². The van der Waals surface area contributed by atoms with Crippen LogP contribution in [0.3, 0.4) is 0 Å².